The van der Waals surface area contributed by atoms with Crippen LogP contribution in [0.15, 0.2) is 52.9 Å². The SMILES string of the molecule is COc1ccc(S(=O)(=O)Nc2ccc(-c3csnn3)cc2)cn1. The third kappa shape index (κ3) is 3.46. The van der Waals surface area contributed by atoms with Crippen molar-refractivity contribution in [3.05, 3.63) is 48.0 Å². The Balaban J connectivity index is 1.79. The summed E-state index contributed by atoms with van der Waals surface area (Å²) in [7, 11) is -2.23. The fourth-order valence-electron chi connectivity index (χ4n) is 1.86. The second-order valence-corrected chi connectivity index (χ2v) is 6.80. The predicted octanol–water partition coefficient (Wildman–Crippen LogP) is 2.41. The molecule has 1 aromatic carbocycles. The molecule has 0 saturated heterocycles. The molecule has 0 aliphatic rings. The highest BCUT2D eigenvalue weighted by Gasteiger charge is 2.15. The van der Waals surface area contributed by atoms with Gasteiger partial charge in [0.1, 0.15) is 10.6 Å². The third-order valence-electron chi connectivity index (χ3n) is 3.02. The van der Waals surface area contributed by atoms with Crippen molar-refractivity contribution in [1.29, 1.82) is 0 Å². The summed E-state index contributed by atoms with van der Waals surface area (Å²) in [6.07, 6.45) is 1.25. The first-order valence-corrected chi connectivity index (χ1v) is 8.81. The van der Waals surface area contributed by atoms with E-state index in [-0.39, 0.29) is 4.90 Å². The zero-order valence-corrected chi connectivity index (χ0v) is 13.6. The van der Waals surface area contributed by atoms with E-state index in [4.69, 9.17) is 4.74 Å². The fourth-order valence-corrected chi connectivity index (χ4v) is 3.33. The van der Waals surface area contributed by atoms with Crippen LogP contribution >= 0.6 is 11.5 Å². The van der Waals surface area contributed by atoms with E-state index in [0.29, 0.717) is 11.6 Å². The summed E-state index contributed by atoms with van der Waals surface area (Å²) in [6.45, 7) is 0. The van der Waals surface area contributed by atoms with E-state index in [2.05, 4.69) is 19.3 Å². The summed E-state index contributed by atoms with van der Waals surface area (Å²) in [6, 6.07) is 9.82. The van der Waals surface area contributed by atoms with Crippen molar-refractivity contribution in [2.24, 2.45) is 0 Å². The van der Waals surface area contributed by atoms with Crippen LogP contribution in [0.25, 0.3) is 11.3 Å². The molecule has 3 aromatic rings. The van der Waals surface area contributed by atoms with Gasteiger partial charge in [-0.3, -0.25) is 4.72 Å². The van der Waals surface area contributed by atoms with Crippen LogP contribution < -0.4 is 9.46 Å². The molecule has 9 heteroatoms. The first-order valence-electron chi connectivity index (χ1n) is 6.49. The van der Waals surface area contributed by atoms with Gasteiger partial charge in [-0.2, -0.15) is 0 Å². The summed E-state index contributed by atoms with van der Waals surface area (Å²) >= 11 is 1.26. The number of benzene rings is 1. The molecular weight excluding hydrogens is 336 g/mol. The molecule has 1 N–H and O–H groups in total. The highest BCUT2D eigenvalue weighted by molar-refractivity contribution is 7.92. The molecule has 0 radical (unpaired) electrons. The lowest BCUT2D eigenvalue weighted by atomic mass is 10.2. The number of rotatable bonds is 5. The average Bonchev–Trinajstić information content (AvgIpc) is 3.10. The van der Waals surface area contributed by atoms with Gasteiger partial charge in [0, 0.05) is 22.7 Å². The van der Waals surface area contributed by atoms with Crippen molar-refractivity contribution in [2.45, 2.75) is 4.90 Å². The third-order valence-corrected chi connectivity index (χ3v) is 4.89. The maximum atomic E-state index is 12.3. The van der Waals surface area contributed by atoms with Gasteiger partial charge in [-0.25, -0.2) is 13.4 Å². The number of pyridine rings is 1. The van der Waals surface area contributed by atoms with Crippen LogP contribution in [-0.4, -0.2) is 30.1 Å². The molecule has 0 atom stereocenters. The highest BCUT2D eigenvalue weighted by atomic mass is 32.2. The number of nitrogens with one attached hydrogen (secondary N) is 1. The maximum absolute atomic E-state index is 12.3. The van der Waals surface area contributed by atoms with Crippen LogP contribution in [-0.2, 0) is 10.0 Å². The minimum Gasteiger partial charge on any atom is -0.481 e. The van der Waals surface area contributed by atoms with E-state index in [0.717, 1.165) is 11.3 Å². The lowest BCUT2D eigenvalue weighted by Gasteiger charge is -2.08. The molecule has 0 fully saturated rings. The zero-order chi connectivity index (χ0) is 16.3. The Morgan fingerprint density at radius 1 is 1.13 bits per heavy atom. The second-order valence-electron chi connectivity index (χ2n) is 4.51. The number of sulfonamides is 1. The van der Waals surface area contributed by atoms with E-state index >= 15 is 0 Å². The molecule has 0 aliphatic carbocycles. The predicted molar refractivity (Wildman–Crippen MR) is 86.9 cm³/mol. The van der Waals surface area contributed by atoms with Crippen molar-refractivity contribution in [1.82, 2.24) is 14.6 Å². The number of hydrogen-bond donors (Lipinski definition) is 1. The van der Waals surface area contributed by atoms with Crippen molar-refractivity contribution in [2.75, 3.05) is 11.8 Å². The van der Waals surface area contributed by atoms with Gasteiger partial charge in [-0.1, -0.05) is 16.6 Å². The molecule has 0 amide bonds. The quantitative estimate of drug-likeness (QED) is 0.761. The Morgan fingerprint density at radius 3 is 2.48 bits per heavy atom. The first-order chi connectivity index (χ1) is 11.1. The molecule has 3 rings (SSSR count). The highest BCUT2D eigenvalue weighted by Crippen LogP contribution is 2.22. The van der Waals surface area contributed by atoms with Gasteiger partial charge in [0.2, 0.25) is 5.88 Å². The van der Waals surface area contributed by atoms with Crippen molar-refractivity contribution < 1.29 is 13.2 Å². The Kier molecular flexibility index (Phi) is 4.22. The normalized spacial score (nSPS) is 11.2. The Labute approximate surface area is 137 Å². The van der Waals surface area contributed by atoms with Crippen LogP contribution in [0.4, 0.5) is 5.69 Å². The van der Waals surface area contributed by atoms with E-state index in [1.807, 2.05) is 5.38 Å². The van der Waals surface area contributed by atoms with Gasteiger partial charge in [-0.05, 0) is 29.7 Å². The van der Waals surface area contributed by atoms with Crippen molar-refractivity contribution in [3.8, 4) is 17.1 Å². The first kappa shape index (κ1) is 15.4. The number of ether oxygens (including phenoxy) is 1. The van der Waals surface area contributed by atoms with Crippen LogP contribution in [0.2, 0.25) is 0 Å². The van der Waals surface area contributed by atoms with Crippen molar-refractivity contribution in [3.63, 3.8) is 0 Å². The standard InChI is InChI=1S/C14H12N4O3S2/c1-21-14-7-6-12(8-15-14)23(19,20)17-11-4-2-10(3-5-11)13-9-22-18-16-13/h2-9,17H,1H3. The molecule has 0 aliphatic heterocycles. The van der Waals surface area contributed by atoms with Gasteiger partial charge in [0.25, 0.3) is 10.0 Å². The Hall–Kier alpha value is -2.52. The van der Waals surface area contributed by atoms with Crippen LogP contribution in [0.1, 0.15) is 0 Å². The van der Waals surface area contributed by atoms with Crippen LogP contribution in [0, 0.1) is 0 Å². The van der Waals surface area contributed by atoms with E-state index in [9.17, 15) is 8.42 Å². The number of hydrogen-bond acceptors (Lipinski definition) is 7. The van der Waals surface area contributed by atoms with Crippen LogP contribution in [0.3, 0.4) is 0 Å². The van der Waals surface area contributed by atoms with Gasteiger partial charge >= 0.3 is 0 Å². The zero-order valence-electron chi connectivity index (χ0n) is 12.0. The molecule has 0 saturated carbocycles. The Bertz CT molecular complexity index is 877. The molecule has 0 unspecified atom stereocenters. The summed E-state index contributed by atoms with van der Waals surface area (Å²) in [5.74, 6) is 0.352. The lowest BCUT2D eigenvalue weighted by molar-refractivity contribution is 0.397. The summed E-state index contributed by atoms with van der Waals surface area (Å²) in [5, 5.41) is 5.79. The van der Waals surface area contributed by atoms with Crippen LogP contribution in [0.5, 0.6) is 5.88 Å². The minimum atomic E-state index is -3.70. The summed E-state index contributed by atoms with van der Waals surface area (Å²) in [4.78, 5) is 3.96. The van der Waals surface area contributed by atoms with E-state index in [1.54, 1.807) is 24.3 Å². The minimum absolute atomic E-state index is 0.0612. The lowest BCUT2D eigenvalue weighted by Crippen LogP contribution is -2.13. The topological polar surface area (TPSA) is 94.1 Å². The molecule has 23 heavy (non-hydrogen) atoms. The number of aromatic nitrogens is 3. The molecule has 0 bridgehead atoms. The summed E-state index contributed by atoms with van der Waals surface area (Å²) < 4.78 is 35.8. The van der Waals surface area contributed by atoms with Gasteiger partial charge in [-0.15, -0.1) is 5.10 Å². The van der Waals surface area contributed by atoms with Gasteiger partial charge in [0.15, 0.2) is 0 Å². The average molecular weight is 348 g/mol. The maximum Gasteiger partial charge on any atom is 0.263 e. The molecule has 0 spiro atoms. The van der Waals surface area contributed by atoms with E-state index in [1.165, 1.54) is 37.0 Å². The monoisotopic (exact) mass is 348 g/mol. The number of nitrogens with zero attached hydrogens (tertiary/aromatic N) is 3. The fraction of sp³-hybridized carbons (Fsp3) is 0.0714. The van der Waals surface area contributed by atoms with Crippen molar-refractivity contribution >= 4 is 27.2 Å². The molecule has 7 nitrogen and oxygen atoms in total. The summed E-state index contributed by atoms with van der Waals surface area (Å²) in [5.41, 5.74) is 2.07. The Morgan fingerprint density at radius 2 is 1.91 bits per heavy atom. The van der Waals surface area contributed by atoms with Gasteiger partial charge < -0.3 is 4.74 Å². The van der Waals surface area contributed by atoms with E-state index < -0.39 is 10.0 Å². The van der Waals surface area contributed by atoms with Gasteiger partial charge in [0.05, 0.1) is 13.3 Å². The molecule has 118 valence electrons. The second kappa shape index (κ2) is 6.31. The smallest absolute Gasteiger partial charge is 0.263 e. The molecule has 2 heterocycles. The largest absolute Gasteiger partial charge is 0.481 e. The number of anilines is 1. The molecule has 2 aromatic heterocycles. The number of methoxy groups -OCH3 is 1. The molecular formula is C14H12N4O3S2.